The molecule has 0 radical (unpaired) electrons. The molecule has 0 spiro atoms. The molecule has 2 unspecified atom stereocenters. The summed E-state index contributed by atoms with van der Waals surface area (Å²) < 4.78 is 27.3. The van der Waals surface area contributed by atoms with Gasteiger partial charge in [-0.1, -0.05) is 37.6 Å². The molecule has 1 heterocycles. The van der Waals surface area contributed by atoms with Crippen LogP contribution in [-0.2, 0) is 10.0 Å². The number of halogens is 1. The van der Waals surface area contributed by atoms with Crippen LogP contribution in [0.5, 0.6) is 0 Å². The summed E-state index contributed by atoms with van der Waals surface area (Å²) in [6.07, 6.45) is 1.10. The minimum absolute atomic E-state index is 0.0823. The molecule has 2 aromatic carbocycles. The monoisotopic (exact) mass is 420 g/mol. The summed E-state index contributed by atoms with van der Waals surface area (Å²) in [7, 11) is -2.34. The van der Waals surface area contributed by atoms with Crippen LogP contribution in [0.3, 0.4) is 0 Å². The average Bonchev–Trinajstić information content (AvgIpc) is 2.66. The lowest BCUT2D eigenvalue weighted by atomic mass is 9.91. The molecule has 1 fully saturated rings. The summed E-state index contributed by atoms with van der Waals surface area (Å²) in [6.45, 7) is 5.67. The molecule has 1 aliphatic rings. The van der Waals surface area contributed by atoms with Gasteiger partial charge in [0.25, 0.3) is 15.9 Å². The molecule has 0 aliphatic carbocycles. The van der Waals surface area contributed by atoms with Crippen LogP contribution in [0.4, 0.5) is 5.69 Å². The molecule has 0 aromatic heterocycles. The van der Waals surface area contributed by atoms with Gasteiger partial charge in [-0.25, -0.2) is 8.42 Å². The van der Waals surface area contributed by atoms with Crippen molar-refractivity contribution in [1.82, 2.24) is 4.90 Å². The fraction of sp³-hybridized carbons (Fsp3) is 0.381. The summed E-state index contributed by atoms with van der Waals surface area (Å²) in [5.74, 6) is 0.753. The molecular formula is C21H25ClN2O3S. The predicted octanol–water partition coefficient (Wildman–Crippen LogP) is 4.28. The SMILES string of the molecule is CC1CC(C)CN(C(=O)c2cccc(S(=O)(=O)N(C)c3cccc(Cl)c3)c2)C1. The van der Waals surface area contributed by atoms with Crippen molar-refractivity contribution in [3.63, 3.8) is 0 Å². The lowest BCUT2D eigenvalue weighted by Gasteiger charge is -2.35. The Kier molecular flexibility index (Phi) is 6.01. The molecule has 1 aliphatic heterocycles. The largest absolute Gasteiger partial charge is 0.338 e. The maximum Gasteiger partial charge on any atom is 0.264 e. The van der Waals surface area contributed by atoms with Gasteiger partial charge in [-0.15, -0.1) is 0 Å². The van der Waals surface area contributed by atoms with E-state index in [0.717, 1.165) is 6.42 Å². The maximum atomic E-state index is 13.1. The van der Waals surface area contributed by atoms with Crippen LogP contribution in [-0.4, -0.2) is 39.4 Å². The third kappa shape index (κ3) is 4.33. The number of amides is 1. The van der Waals surface area contributed by atoms with Crippen LogP contribution in [0.1, 0.15) is 30.6 Å². The van der Waals surface area contributed by atoms with E-state index in [1.165, 1.54) is 23.5 Å². The van der Waals surface area contributed by atoms with Gasteiger partial charge < -0.3 is 4.90 Å². The van der Waals surface area contributed by atoms with Crippen LogP contribution >= 0.6 is 11.6 Å². The van der Waals surface area contributed by atoms with E-state index in [1.54, 1.807) is 36.4 Å². The van der Waals surface area contributed by atoms with Gasteiger partial charge in [0.05, 0.1) is 10.6 Å². The smallest absolute Gasteiger partial charge is 0.264 e. The van der Waals surface area contributed by atoms with Gasteiger partial charge >= 0.3 is 0 Å². The summed E-state index contributed by atoms with van der Waals surface area (Å²) in [5.41, 5.74) is 0.852. The van der Waals surface area contributed by atoms with E-state index < -0.39 is 10.0 Å². The highest BCUT2D eigenvalue weighted by Gasteiger charge is 2.28. The highest BCUT2D eigenvalue weighted by molar-refractivity contribution is 7.92. The summed E-state index contributed by atoms with van der Waals surface area (Å²) in [4.78, 5) is 14.9. The summed E-state index contributed by atoms with van der Waals surface area (Å²) >= 11 is 5.99. The lowest BCUT2D eigenvalue weighted by Crippen LogP contribution is -2.42. The fourth-order valence-electron chi connectivity index (χ4n) is 3.77. The van der Waals surface area contributed by atoms with Gasteiger partial charge in [0.2, 0.25) is 0 Å². The summed E-state index contributed by atoms with van der Waals surface area (Å²) in [6, 6.07) is 12.9. The number of benzene rings is 2. The van der Waals surface area contributed by atoms with Crippen LogP contribution in [0, 0.1) is 11.8 Å². The molecular weight excluding hydrogens is 396 g/mol. The molecule has 0 bridgehead atoms. The first kappa shape index (κ1) is 20.7. The van der Waals surface area contributed by atoms with E-state index in [1.807, 2.05) is 4.90 Å². The number of likely N-dealkylation sites (tertiary alicyclic amines) is 1. The van der Waals surface area contributed by atoms with Gasteiger partial charge in [0, 0.05) is 30.7 Å². The van der Waals surface area contributed by atoms with Crippen molar-refractivity contribution in [2.45, 2.75) is 25.2 Å². The second-order valence-corrected chi connectivity index (χ2v) is 10.0. The number of sulfonamides is 1. The number of anilines is 1. The molecule has 0 N–H and O–H groups in total. The number of piperidine rings is 1. The zero-order valence-corrected chi connectivity index (χ0v) is 17.9. The van der Waals surface area contributed by atoms with Crippen LogP contribution in [0.2, 0.25) is 5.02 Å². The third-order valence-electron chi connectivity index (χ3n) is 5.07. The number of carbonyl (C=O) groups excluding carboxylic acids is 1. The number of rotatable bonds is 4. The van der Waals surface area contributed by atoms with Crippen molar-refractivity contribution >= 4 is 33.2 Å². The second-order valence-electron chi connectivity index (χ2n) is 7.64. The van der Waals surface area contributed by atoms with Gasteiger partial charge in [-0.3, -0.25) is 9.10 Å². The van der Waals surface area contributed by atoms with E-state index in [-0.39, 0.29) is 10.8 Å². The highest BCUT2D eigenvalue weighted by Crippen LogP contribution is 2.26. The highest BCUT2D eigenvalue weighted by atomic mass is 35.5. The van der Waals surface area contributed by atoms with Crippen LogP contribution in [0.25, 0.3) is 0 Å². The average molecular weight is 421 g/mol. The minimum Gasteiger partial charge on any atom is -0.338 e. The van der Waals surface area contributed by atoms with Gasteiger partial charge in [-0.2, -0.15) is 0 Å². The maximum absolute atomic E-state index is 13.1. The van der Waals surface area contributed by atoms with Crippen molar-refractivity contribution in [1.29, 1.82) is 0 Å². The van der Waals surface area contributed by atoms with E-state index >= 15 is 0 Å². The van der Waals surface area contributed by atoms with Crippen molar-refractivity contribution in [3.8, 4) is 0 Å². The molecule has 1 amide bonds. The quantitative estimate of drug-likeness (QED) is 0.741. The van der Waals surface area contributed by atoms with Crippen molar-refractivity contribution in [3.05, 3.63) is 59.1 Å². The minimum atomic E-state index is -3.81. The zero-order valence-electron chi connectivity index (χ0n) is 16.3. The van der Waals surface area contributed by atoms with E-state index in [2.05, 4.69) is 13.8 Å². The van der Waals surface area contributed by atoms with E-state index in [0.29, 0.717) is 41.2 Å². The topological polar surface area (TPSA) is 57.7 Å². The molecule has 5 nitrogen and oxygen atoms in total. The Bertz CT molecular complexity index is 967. The van der Waals surface area contributed by atoms with Crippen molar-refractivity contribution in [2.75, 3.05) is 24.4 Å². The molecule has 1 saturated heterocycles. The molecule has 0 saturated carbocycles. The first-order chi connectivity index (χ1) is 13.2. The summed E-state index contributed by atoms with van der Waals surface area (Å²) in [5, 5.41) is 0.455. The molecule has 3 rings (SSSR count). The fourth-order valence-corrected chi connectivity index (χ4v) is 5.19. The molecule has 2 atom stereocenters. The van der Waals surface area contributed by atoms with E-state index in [4.69, 9.17) is 11.6 Å². The Balaban J connectivity index is 1.89. The number of hydrogen-bond acceptors (Lipinski definition) is 3. The standard InChI is InChI=1S/C21H25ClN2O3S/c1-15-10-16(2)14-24(13-15)21(25)17-6-4-9-20(11-17)28(26,27)23(3)19-8-5-7-18(22)12-19/h4-9,11-12,15-16H,10,13-14H2,1-3H3. The van der Waals surface area contributed by atoms with Gasteiger partial charge in [0.1, 0.15) is 0 Å². The first-order valence-corrected chi connectivity index (χ1v) is 11.1. The van der Waals surface area contributed by atoms with Crippen molar-refractivity contribution < 1.29 is 13.2 Å². The lowest BCUT2D eigenvalue weighted by molar-refractivity contribution is 0.0623. The Morgan fingerprint density at radius 3 is 2.36 bits per heavy atom. The number of nitrogens with zero attached hydrogens (tertiary/aromatic N) is 2. The number of carbonyl (C=O) groups is 1. The second kappa shape index (κ2) is 8.13. The van der Waals surface area contributed by atoms with Crippen molar-refractivity contribution in [2.24, 2.45) is 11.8 Å². The van der Waals surface area contributed by atoms with Crippen LogP contribution in [0.15, 0.2) is 53.4 Å². The van der Waals surface area contributed by atoms with Gasteiger partial charge in [-0.05, 0) is 54.7 Å². The zero-order chi connectivity index (χ0) is 20.5. The Morgan fingerprint density at radius 2 is 1.71 bits per heavy atom. The van der Waals surface area contributed by atoms with Gasteiger partial charge in [0.15, 0.2) is 0 Å². The Hall–Kier alpha value is -2.05. The molecule has 28 heavy (non-hydrogen) atoms. The predicted molar refractivity (Wildman–Crippen MR) is 112 cm³/mol. The normalized spacial score (nSPS) is 20.1. The Labute approximate surface area is 172 Å². The van der Waals surface area contributed by atoms with Crippen LogP contribution < -0.4 is 4.31 Å². The molecule has 2 aromatic rings. The first-order valence-electron chi connectivity index (χ1n) is 9.32. The third-order valence-corrected chi connectivity index (χ3v) is 7.08. The van der Waals surface area contributed by atoms with E-state index in [9.17, 15) is 13.2 Å². The molecule has 7 heteroatoms. The molecule has 150 valence electrons. The number of hydrogen-bond donors (Lipinski definition) is 0. The Morgan fingerprint density at radius 1 is 1.07 bits per heavy atom.